The largest absolute Gasteiger partial charge is 0.446 e. The number of thioether (sulfide) groups is 1. The molecule has 11 heteroatoms. The molecule has 3 rings (SSSR count). The predicted octanol–water partition coefficient (Wildman–Crippen LogP) is 6.13. The third-order valence-electron chi connectivity index (χ3n) is 4.12. The SMILES string of the molecule is CNC(=O)c1cc(Nc2ccc(SC(F)(F)F)cc2F)cnc1Nc1cc(C)cc(F)c1. The van der Waals surface area contributed by atoms with E-state index >= 15 is 0 Å². The lowest BCUT2D eigenvalue weighted by Crippen LogP contribution is -2.20. The van der Waals surface area contributed by atoms with Gasteiger partial charge in [-0.15, -0.1) is 0 Å². The lowest BCUT2D eigenvalue weighted by Gasteiger charge is -2.14. The van der Waals surface area contributed by atoms with E-state index in [9.17, 15) is 26.7 Å². The first kappa shape index (κ1) is 23.3. The van der Waals surface area contributed by atoms with Gasteiger partial charge >= 0.3 is 5.51 Å². The molecule has 0 radical (unpaired) electrons. The molecule has 1 amide bonds. The van der Waals surface area contributed by atoms with Crippen LogP contribution < -0.4 is 16.0 Å². The highest BCUT2D eigenvalue weighted by Gasteiger charge is 2.29. The summed E-state index contributed by atoms with van der Waals surface area (Å²) in [6.07, 6.45) is 1.30. The van der Waals surface area contributed by atoms with Crippen LogP contribution in [0.4, 0.5) is 44.8 Å². The number of alkyl halides is 3. The fraction of sp³-hybridized carbons (Fsp3) is 0.143. The predicted molar refractivity (Wildman–Crippen MR) is 114 cm³/mol. The highest BCUT2D eigenvalue weighted by Crippen LogP contribution is 2.38. The molecular weight excluding hydrogens is 451 g/mol. The quantitative estimate of drug-likeness (QED) is 0.300. The Morgan fingerprint density at radius 1 is 1.00 bits per heavy atom. The number of rotatable bonds is 6. The van der Waals surface area contributed by atoms with Gasteiger partial charge in [-0.1, -0.05) is 0 Å². The number of hydrogen-bond donors (Lipinski definition) is 3. The van der Waals surface area contributed by atoms with Gasteiger partial charge in [-0.3, -0.25) is 4.79 Å². The highest BCUT2D eigenvalue weighted by molar-refractivity contribution is 8.00. The zero-order chi connectivity index (χ0) is 23.5. The van der Waals surface area contributed by atoms with Crippen molar-refractivity contribution in [1.82, 2.24) is 10.3 Å². The van der Waals surface area contributed by atoms with Gasteiger partial charge in [-0.05, 0) is 66.7 Å². The molecule has 5 nitrogen and oxygen atoms in total. The summed E-state index contributed by atoms with van der Waals surface area (Å²) in [6.45, 7) is 1.71. The number of carbonyl (C=O) groups is 1. The summed E-state index contributed by atoms with van der Waals surface area (Å²) in [7, 11) is 1.41. The molecule has 32 heavy (non-hydrogen) atoms. The number of nitrogens with zero attached hydrogens (tertiary/aromatic N) is 1. The molecule has 0 aliphatic rings. The molecule has 2 aromatic carbocycles. The van der Waals surface area contributed by atoms with Gasteiger partial charge in [-0.25, -0.2) is 13.8 Å². The molecule has 0 unspecified atom stereocenters. The molecule has 0 fully saturated rings. The van der Waals surface area contributed by atoms with Crippen LogP contribution in [0.3, 0.4) is 0 Å². The van der Waals surface area contributed by atoms with Crippen LogP contribution in [-0.2, 0) is 0 Å². The number of aryl methyl sites for hydroxylation is 1. The topological polar surface area (TPSA) is 66.0 Å². The summed E-state index contributed by atoms with van der Waals surface area (Å²) in [4.78, 5) is 16.2. The molecule has 0 atom stereocenters. The maximum Gasteiger partial charge on any atom is 0.446 e. The second-order valence-electron chi connectivity index (χ2n) is 6.66. The van der Waals surface area contributed by atoms with E-state index in [-0.39, 0.29) is 27.7 Å². The molecule has 1 heterocycles. The first-order valence-corrected chi connectivity index (χ1v) is 9.94. The van der Waals surface area contributed by atoms with Crippen LogP contribution in [-0.4, -0.2) is 23.4 Å². The van der Waals surface area contributed by atoms with E-state index in [4.69, 9.17) is 0 Å². The molecule has 0 aliphatic heterocycles. The van der Waals surface area contributed by atoms with Crippen molar-refractivity contribution in [2.45, 2.75) is 17.3 Å². The van der Waals surface area contributed by atoms with Crippen molar-refractivity contribution in [3.8, 4) is 0 Å². The normalized spacial score (nSPS) is 11.2. The van der Waals surface area contributed by atoms with Crippen molar-refractivity contribution in [2.24, 2.45) is 0 Å². The molecule has 0 spiro atoms. The summed E-state index contributed by atoms with van der Waals surface area (Å²) in [5, 5.41) is 8.03. The molecular formula is C21H17F5N4OS. The Labute approximate surface area is 184 Å². The van der Waals surface area contributed by atoms with Crippen molar-refractivity contribution in [1.29, 1.82) is 0 Å². The van der Waals surface area contributed by atoms with Crippen molar-refractivity contribution in [3.63, 3.8) is 0 Å². The molecule has 0 aliphatic carbocycles. The van der Waals surface area contributed by atoms with Gasteiger partial charge in [0.2, 0.25) is 0 Å². The maximum atomic E-state index is 14.3. The highest BCUT2D eigenvalue weighted by atomic mass is 32.2. The van der Waals surface area contributed by atoms with Gasteiger partial charge in [0.15, 0.2) is 0 Å². The fourth-order valence-electron chi connectivity index (χ4n) is 2.84. The second kappa shape index (κ2) is 9.43. The van der Waals surface area contributed by atoms with E-state index in [2.05, 4.69) is 20.9 Å². The first-order chi connectivity index (χ1) is 15.0. The summed E-state index contributed by atoms with van der Waals surface area (Å²) in [5.41, 5.74) is -3.28. The number of aromatic nitrogens is 1. The van der Waals surface area contributed by atoms with Crippen LogP contribution in [0.15, 0.2) is 53.6 Å². The van der Waals surface area contributed by atoms with Crippen LogP contribution in [0.2, 0.25) is 0 Å². The molecule has 0 saturated heterocycles. The van der Waals surface area contributed by atoms with Gasteiger partial charge in [-0.2, -0.15) is 13.2 Å². The van der Waals surface area contributed by atoms with Crippen molar-refractivity contribution >= 4 is 40.5 Å². The first-order valence-electron chi connectivity index (χ1n) is 9.13. The van der Waals surface area contributed by atoms with Crippen LogP contribution in [0.5, 0.6) is 0 Å². The minimum absolute atomic E-state index is 0.0871. The average Bonchev–Trinajstić information content (AvgIpc) is 2.68. The van der Waals surface area contributed by atoms with E-state index in [0.29, 0.717) is 11.3 Å². The molecule has 3 aromatic rings. The van der Waals surface area contributed by atoms with Crippen LogP contribution in [0.25, 0.3) is 0 Å². The summed E-state index contributed by atoms with van der Waals surface area (Å²) in [5.74, 6) is -1.74. The van der Waals surface area contributed by atoms with Crippen molar-refractivity contribution < 1.29 is 26.7 Å². The zero-order valence-electron chi connectivity index (χ0n) is 16.8. The zero-order valence-corrected chi connectivity index (χ0v) is 17.6. The molecule has 0 saturated carbocycles. The standard InChI is InChI=1S/C21H17F5N4OS/c1-11-5-12(22)7-13(6-11)30-19-16(20(31)27-2)8-14(10-28-19)29-18-4-3-15(9-17(18)23)32-21(24,25)26/h3-10,29H,1-2H3,(H,27,31)(H,28,30). The Kier molecular flexibility index (Phi) is 6.87. The lowest BCUT2D eigenvalue weighted by atomic mass is 10.2. The third kappa shape index (κ3) is 6.10. The van der Waals surface area contributed by atoms with Crippen molar-refractivity contribution in [3.05, 3.63) is 71.4 Å². The van der Waals surface area contributed by atoms with E-state index in [1.807, 2.05) is 0 Å². The summed E-state index contributed by atoms with van der Waals surface area (Å²) in [6, 6.07) is 8.68. The van der Waals surface area contributed by atoms with Gasteiger partial charge in [0, 0.05) is 17.6 Å². The molecule has 168 valence electrons. The lowest BCUT2D eigenvalue weighted by molar-refractivity contribution is -0.0328. The number of amides is 1. The number of nitrogens with one attached hydrogen (secondary N) is 3. The van der Waals surface area contributed by atoms with Gasteiger partial charge in [0.05, 0.1) is 23.1 Å². The van der Waals surface area contributed by atoms with Crippen molar-refractivity contribution in [2.75, 3.05) is 17.7 Å². The molecule has 3 N–H and O–H groups in total. The van der Waals surface area contributed by atoms with E-state index < -0.39 is 34.8 Å². The number of anilines is 4. The second-order valence-corrected chi connectivity index (χ2v) is 7.79. The summed E-state index contributed by atoms with van der Waals surface area (Å²) < 4.78 is 65.4. The van der Waals surface area contributed by atoms with E-state index in [1.54, 1.807) is 13.0 Å². The average molecular weight is 468 g/mol. The van der Waals surface area contributed by atoms with Gasteiger partial charge in [0.25, 0.3) is 5.91 Å². The fourth-order valence-corrected chi connectivity index (χ4v) is 3.40. The Morgan fingerprint density at radius 2 is 1.75 bits per heavy atom. The van der Waals surface area contributed by atoms with Crippen LogP contribution in [0, 0.1) is 18.6 Å². The van der Waals surface area contributed by atoms with E-state index in [0.717, 1.165) is 18.2 Å². The number of halogens is 5. The Balaban J connectivity index is 1.88. The monoisotopic (exact) mass is 468 g/mol. The third-order valence-corrected chi connectivity index (χ3v) is 4.84. The van der Waals surface area contributed by atoms with Gasteiger partial charge < -0.3 is 16.0 Å². The molecule has 1 aromatic heterocycles. The van der Waals surface area contributed by atoms with Gasteiger partial charge in [0.1, 0.15) is 17.5 Å². The Hall–Kier alpha value is -3.34. The van der Waals surface area contributed by atoms with Crippen LogP contribution >= 0.6 is 11.8 Å². The number of hydrogen-bond acceptors (Lipinski definition) is 5. The van der Waals surface area contributed by atoms with Crippen LogP contribution in [0.1, 0.15) is 15.9 Å². The van der Waals surface area contributed by atoms with E-state index in [1.165, 1.54) is 31.4 Å². The number of carbonyl (C=O) groups excluding carboxylic acids is 1. The minimum Gasteiger partial charge on any atom is -0.355 e. The Bertz CT molecular complexity index is 1130. The summed E-state index contributed by atoms with van der Waals surface area (Å²) >= 11 is -0.424. The minimum atomic E-state index is -4.53. The smallest absolute Gasteiger partial charge is 0.355 e. The molecule has 0 bridgehead atoms. The Morgan fingerprint density at radius 3 is 2.38 bits per heavy atom. The number of benzene rings is 2. The maximum absolute atomic E-state index is 14.3. The number of pyridine rings is 1.